The minimum absolute atomic E-state index is 0.0272. The van der Waals surface area contributed by atoms with Crippen molar-refractivity contribution in [2.75, 3.05) is 60.1 Å². The Morgan fingerprint density at radius 2 is 1.31 bits per heavy atom. The van der Waals surface area contributed by atoms with Gasteiger partial charge in [-0.15, -0.1) is 0 Å². The number of Topliss-reactive ketones (excluding diaryl/α,β-unsaturated/α-hetero) is 1. The number of aliphatic hydroxyl groups excluding tert-OH is 2. The summed E-state index contributed by atoms with van der Waals surface area (Å²) in [6, 6.07) is 20.2. The van der Waals surface area contributed by atoms with E-state index < -0.39 is 18.1 Å². The van der Waals surface area contributed by atoms with E-state index in [4.69, 9.17) is 9.47 Å². The minimum atomic E-state index is -0.630. The molecule has 0 radical (unpaired) electrons. The van der Waals surface area contributed by atoms with Crippen LogP contribution in [0.4, 0.5) is 0 Å². The highest BCUT2D eigenvalue weighted by Gasteiger charge is 2.34. The molecule has 0 aliphatic carbocycles. The van der Waals surface area contributed by atoms with Gasteiger partial charge in [-0.3, -0.25) is 29.0 Å². The molecule has 3 fully saturated rings. The molecule has 264 valence electrons. The molecule has 3 saturated heterocycles. The quantitative estimate of drug-likeness (QED) is 0.213. The summed E-state index contributed by atoms with van der Waals surface area (Å²) in [6.45, 7) is 7.33. The first-order chi connectivity index (χ1) is 23.2. The van der Waals surface area contributed by atoms with Gasteiger partial charge in [-0.25, -0.2) is 0 Å². The summed E-state index contributed by atoms with van der Waals surface area (Å²) < 4.78 is 14.2. The Labute approximate surface area is 283 Å². The van der Waals surface area contributed by atoms with E-state index in [0.29, 0.717) is 45.5 Å². The predicted octanol–water partition coefficient (Wildman–Crippen LogP) is 1.81. The summed E-state index contributed by atoms with van der Waals surface area (Å²) in [4.78, 5) is 50.2. The molecule has 48 heavy (non-hydrogen) atoms. The van der Waals surface area contributed by atoms with Gasteiger partial charge >= 0.3 is 17.9 Å². The van der Waals surface area contributed by atoms with Crippen molar-refractivity contribution in [1.29, 1.82) is 0 Å². The number of hydrogen-bond acceptors (Lipinski definition) is 12. The SMILES string of the molecule is CCOC(=O)C1CCN(Cc2ccccc2)CC1=O.COC(=O)C1CCN(Cc2ccccc2)CC1O.COC(=O)C1CCNCC1O. The summed E-state index contributed by atoms with van der Waals surface area (Å²) >= 11 is 0. The fourth-order valence-electron chi connectivity index (χ4n) is 6.03. The molecular formula is C36H51N3O9. The van der Waals surface area contributed by atoms with E-state index in [1.54, 1.807) is 6.92 Å². The molecule has 0 spiro atoms. The number of nitrogens with one attached hydrogen (secondary N) is 1. The number of rotatable bonds is 8. The number of methoxy groups -OCH3 is 2. The second kappa shape index (κ2) is 20.6. The van der Waals surface area contributed by atoms with Crippen LogP contribution >= 0.6 is 0 Å². The molecule has 0 saturated carbocycles. The standard InChI is InChI=1S/C15H19NO3.C14H19NO3.C7H13NO3/c1-2-19-15(18)13-8-9-16(11-14(13)17)10-12-6-4-3-5-7-12;1-18-14(17)12-7-8-15(10-13(12)16)9-11-5-3-2-4-6-11;1-11-7(10)5-2-3-8-4-6(5)9/h3-7,13H,2,8-11H2,1H3;2-6,12-13,16H,7-10H2,1H3;5-6,8-9H,2-4H2,1H3. The van der Waals surface area contributed by atoms with E-state index in [-0.39, 0.29) is 35.5 Å². The lowest BCUT2D eigenvalue weighted by Gasteiger charge is -2.34. The number of benzene rings is 2. The van der Waals surface area contributed by atoms with Crippen LogP contribution in [-0.4, -0.2) is 116 Å². The molecule has 0 amide bonds. The minimum Gasteiger partial charge on any atom is -0.469 e. The molecule has 12 nitrogen and oxygen atoms in total. The number of β-amino-alcohol motifs (C(OH)–C–C–N with tert-alkyl or cyclic N) is 2. The van der Waals surface area contributed by atoms with Crippen LogP contribution in [0, 0.1) is 17.8 Å². The van der Waals surface area contributed by atoms with E-state index in [0.717, 1.165) is 32.7 Å². The number of hydrogen-bond donors (Lipinski definition) is 3. The average Bonchev–Trinajstić information content (AvgIpc) is 3.09. The van der Waals surface area contributed by atoms with Crippen molar-refractivity contribution in [2.45, 2.75) is 51.5 Å². The molecule has 3 aliphatic heterocycles. The maximum Gasteiger partial charge on any atom is 0.316 e. The van der Waals surface area contributed by atoms with Gasteiger partial charge in [-0.05, 0) is 50.4 Å². The van der Waals surface area contributed by atoms with Crippen LogP contribution in [0.1, 0.15) is 37.3 Å². The highest BCUT2D eigenvalue weighted by atomic mass is 16.5. The molecule has 3 heterocycles. The molecule has 12 heteroatoms. The van der Waals surface area contributed by atoms with Gasteiger partial charge in [0.2, 0.25) is 0 Å². The van der Waals surface area contributed by atoms with Gasteiger partial charge in [0.15, 0.2) is 5.78 Å². The summed E-state index contributed by atoms with van der Waals surface area (Å²) in [5.74, 6) is -2.27. The van der Waals surface area contributed by atoms with Crippen molar-refractivity contribution in [3.63, 3.8) is 0 Å². The van der Waals surface area contributed by atoms with Crippen molar-refractivity contribution in [2.24, 2.45) is 17.8 Å². The second-order valence-electron chi connectivity index (χ2n) is 12.2. The first kappa shape index (κ1) is 38.8. The van der Waals surface area contributed by atoms with Gasteiger partial charge in [0.25, 0.3) is 0 Å². The zero-order valence-corrected chi connectivity index (χ0v) is 28.3. The number of ether oxygens (including phenoxy) is 3. The Kier molecular flexibility index (Phi) is 16.7. The van der Waals surface area contributed by atoms with E-state index in [2.05, 4.69) is 32.0 Å². The number of carbonyl (C=O) groups is 4. The molecule has 3 aliphatic rings. The highest BCUT2D eigenvalue weighted by molar-refractivity contribution is 6.00. The smallest absolute Gasteiger partial charge is 0.316 e. The van der Waals surface area contributed by atoms with E-state index in [9.17, 15) is 29.4 Å². The van der Waals surface area contributed by atoms with Gasteiger partial charge in [-0.2, -0.15) is 0 Å². The van der Waals surface area contributed by atoms with Crippen LogP contribution in [-0.2, 0) is 46.5 Å². The number of piperidine rings is 3. The first-order valence-corrected chi connectivity index (χ1v) is 16.6. The summed E-state index contributed by atoms with van der Waals surface area (Å²) in [5.41, 5.74) is 2.41. The summed E-state index contributed by atoms with van der Waals surface area (Å²) in [7, 11) is 2.71. The molecule has 0 aromatic heterocycles. The number of likely N-dealkylation sites (tertiary alicyclic amines) is 2. The van der Waals surface area contributed by atoms with Crippen molar-refractivity contribution in [3.05, 3.63) is 71.8 Å². The monoisotopic (exact) mass is 669 g/mol. The van der Waals surface area contributed by atoms with Crippen molar-refractivity contribution in [1.82, 2.24) is 15.1 Å². The lowest BCUT2D eigenvalue weighted by Crippen LogP contribution is -2.46. The van der Waals surface area contributed by atoms with Crippen molar-refractivity contribution in [3.8, 4) is 0 Å². The average molecular weight is 670 g/mol. The van der Waals surface area contributed by atoms with E-state index in [1.165, 1.54) is 25.3 Å². The maximum absolute atomic E-state index is 12.0. The normalized spacial score (nSPS) is 24.5. The third-order valence-electron chi connectivity index (χ3n) is 8.70. The Bertz CT molecular complexity index is 1280. The Morgan fingerprint density at radius 1 is 0.771 bits per heavy atom. The molecule has 2 aromatic carbocycles. The van der Waals surface area contributed by atoms with E-state index in [1.807, 2.05) is 48.5 Å². The predicted molar refractivity (Wildman–Crippen MR) is 178 cm³/mol. The lowest BCUT2D eigenvalue weighted by molar-refractivity contribution is -0.154. The van der Waals surface area contributed by atoms with E-state index >= 15 is 0 Å². The number of aliphatic hydroxyl groups is 2. The van der Waals surface area contributed by atoms with Crippen LogP contribution in [0.3, 0.4) is 0 Å². The molecular weight excluding hydrogens is 618 g/mol. The highest BCUT2D eigenvalue weighted by Crippen LogP contribution is 2.21. The summed E-state index contributed by atoms with van der Waals surface area (Å²) in [6.07, 6.45) is 0.657. The molecule has 2 aromatic rings. The molecule has 3 N–H and O–H groups in total. The van der Waals surface area contributed by atoms with Crippen molar-refractivity contribution >= 4 is 23.7 Å². The summed E-state index contributed by atoms with van der Waals surface area (Å²) in [5, 5.41) is 22.3. The fraction of sp³-hybridized carbons (Fsp3) is 0.556. The maximum atomic E-state index is 12.0. The van der Waals surface area contributed by atoms with Crippen LogP contribution in [0.2, 0.25) is 0 Å². The number of ketones is 1. The number of carbonyl (C=O) groups excluding carboxylic acids is 4. The Balaban J connectivity index is 0.000000203. The fourth-order valence-corrected chi connectivity index (χ4v) is 6.03. The van der Waals surface area contributed by atoms with Crippen LogP contribution in [0.25, 0.3) is 0 Å². The molecule has 5 rings (SSSR count). The van der Waals surface area contributed by atoms with Crippen LogP contribution in [0.15, 0.2) is 60.7 Å². The lowest BCUT2D eigenvalue weighted by atomic mass is 9.93. The largest absolute Gasteiger partial charge is 0.469 e. The van der Waals surface area contributed by atoms with Gasteiger partial charge in [-0.1, -0.05) is 60.7 Å². The van der Waals surface area contributed by atoms with Crippen LogP contribution < -0.4 is 5.32 Å². The van der Waals surface area contributed by atoms with Gasteiger partial charge in [0.05, 0.1) is 51.4 Å². The van der Waals surface area contributed by atoms with Gasteiger partial charge in [0.1, 0.15) is 5.92 Å². The zero-order valence-electron chi connectivity index (χ0n) is 28.3. The molecule has 5 atom stereocenters. The third-order valence-corrected chi connectivity index (χ3v) is 8.70. The van der Waals surface area contributed by atoms with Crippen molar-refractivity contribution < 1.29 is 43.6 Å². The number of nitrogens with zero attached hydrogens (tertiary/aromatic N) is 2. The number of esters is 3. The Hall–Kier alpha value is -3.68. The van der Waals surface area contributed by atoms with Gasteiger partial charge < -0.3 is 29.7 Å². The third kappa shape index (κ3) is 12.4. The molecule has 0 bridgehead atoms. The topological polar surface area (TPSA) is 155 Å². The molecule has 5 unspecified atom stereocenters. The second-order valence-corrected chi connectivity index (χ2v) is 12.2. The zero-order chi connectivity index (χ0) is 34.9. The Morgan fingerprint density at radius 3 is 1.81 bits per heavy atom. The van der Waals surface area contributed by atoms with Crippen LogP contribution in [0.5, 0.6) is 0 Å². The first-order valence-electron chi connectivity index (χ1n) is 16.6. The van der Waals surface area contributed by atoms with Gasteiger partial charge in [0, 0.05) is 32.7 Å².